The van der Waals surface area contributed by atoms with Gasteiger partial charge in [0.25, 0.3) is 0 Å². The van der Waals surface area contributed by atoms with Crippen molar-refractivity contribution in [3.05, 3.63) is 29.8 Å². The predicted molar refractivity (Wildman–Crippen MR) is 90.3 cm³/mol. The third-order valence-corrected chi connectivity index (χ3v) is 7.82. The molecule has 0 unspecified atom stereocenters. The van der Waals surface area contributed by atoms with E-state index in [4.69, 9.17) is 0 Å². The van der Waals surface area contributed by atoms with E-state index in [9.17, 15) is 26.4 Å². The second-order valence-electron chi connectivity index (χ2n) is 7.53. The second kappa shape index (κ2) is 6.46. The number of amides is 1. The van der Waals surface area contributed by atoms with E-state index in [1.165, 1.54) is 18.2 Å². The highest BCUT2D eigenvalue weighted by atomic mass is 32.2. The van der Waals surface area contributed by atoms with Crippen LogP contribution in [0.5, 0.6) is 0 Å². The van der Waals surface area contributed by atoms with Crippen LogP contribution in [0.25, 0.3) is 0 Å². The molecule has 0 aromatic heterocycles. The first-order valence-electron chi connectivity index (χ1n) is 8.79. The molecule has 1 aromatic carbocycles. The van der Waals surface area contributed by atoms with Gasteiger partial charge >= 0.3 is 6.18 Å². The van der Waals surface area contributed by atoms with Crippen molar-refractivity contribution in [1.29, 1.82) is 0 Å². The van der Waals surface area contributed by atoms with Crippen LogP contribution in [0.2, 0.25) is 0 Å². The van der Waals surface area contributed by atoms with Crippen molar-refractivity contribution in [2.75, 3.05) is 0 Å². The number of benzene rings is 1. The molecule has 0 radical (unpaired) electrons. The zero-order valence-electron chi connectivity index (χ0n) is 14.8. The summed E-state index contributed by atoms with van der Waals surface area (Å²) < 4.78 is 79.6. The molecule has 1 N–H and O–H groups in total. The van der Waals surface area contributed by atoms with E-state index in [-0.39, 0.29) is 43.4 Å². The van der Waals surface area contributed by atoms with Gasteiger partial charge in [0.15, 0.2) is 0 Å². The monoisotopic (exact) mass is 407 g/mol. The van der Waals surface area contributed by atoms with Crippen molar-refractivity contribution in [2.24, 2.45) is 5.41 Å². The molecule has 2 saturated carbocycles. The van der Waals surface area contributed by atoms with Crippen molar-refractivity contribution in [1.82, 2.24) is 5.32 Å². The van der Waals surface area contributed by atoms with Crippen molar-refractivity contribution < 1.29 is 30.8 Å². The van der Waals surface area contributed by atoms with E-state index in [2.05, 4.69) is 5.32 Å². The lowest BCUT2D eigenvalue weighted by Gasteiger charge is -2.34. The molecule has 1 aromatic rings. The molecule has 2 aliphatic carbocycles. The smallest absolute Gasteiger partial charge is 0.353 e. The number of halogens is 4. The molecule has 3 rings (SSSR count). The largest absolute Gasteiger partial charge is 0.403 e. The van der Waals surface area contributed by atoms with E-state index >= 15 is 4.39 Å². The molecule has 0 atom stereocenters. The first kappa shape index (κ1) is 20.1. The minimum Gasteiger partial charge on any atom is -0.353 e. The van der Waals surface area contributed by atoms with Gasteiger partial charge in [-0.2, -0.15) is 13.2 Å². The third-order valence-electron chi connectivity index (χ3n) is 5.58. The maximum Gasteiger partial charge on any atom is 0.403 e. The van der Waals surface area contributed by atoms with Crippen LogP contribution in [-0.2, 0) is 14.6 Å². The van der Waals surface area contributed by atoms with Gasteiger partial charge in [-0.3, -0.25) is 4.79 Å². The Balaban J connectivity index is 1.67. The van der Waals surface area contributed by atoms with Gasteiger partial charge in [-0.15, -0.1) is 0 Å². The number of hydrogen-bond acceptors (Lipinski definition) is 3. The molecule has 0 bridgehead atoms. The van der Waals surface area contributed by atoms with E-state index in [1.54, 1.807) is 13.0 Å². The summed E-state index contributed by atoms with van der Waals surface area (Å²) in [4.78, 5) is 11.9. The fourth-order valence-electron chi connectivity index (χ4n) is 3.54. The maximum absolute atomic E-state index is 15.2. The lowest BCUT2D eigenvalue weighted by Crippen LogP contribution is -2.49. The van der Waals surface area contributed by atoms with Gasteiger partial charge in [0.05, 0.1) is 4.90 Å². The zero-order chi connectivity index (χ0) is 20.1. The molecular formula is C18H21F4NO3S. The van der Waals surface area contributed by atoms with Crippen molar-refractivity contribution >= 4 is 15.7 Å². The normalized spacial score (nSPS) is 27.8. The topological polar surface area (TPSA) is 63.2 Å². The predicted octanol–water partition coefficient (Wildman–Crippen LogP) is 3.84. The summed E-state index contributed by atoms with van der Waals surface area (Å²) >= 11 is 0. The lowest BCUT2D eigenvalue weighted by molar-refractivity contribution is -0.192. The van der Waals surface area contributed by atoms with Crippen LogP contribution in [-0.4, -0.2) is 31.5 Å². The molecule has 0 spiro atoms. The summed E-state index contributed by atoms with van der Waals surface area (Å²) in [5.41, 5.74) is -1.65. The van der Waals surface area contributed by atoms with Gasteiger partial charge in [-0.05, 0) is 63.1 Å². The Kier molecular flexibility index (Phi) is 4.81. The first-order valence-corrected chi connectivity index (χ1v) is 10.3. The van der Waals surface area contributed by atoms with Crippen LogP contribution >= 0.6 is 0 Å². The summed E-state index contributed by atoms with van der Waals surface area (Å²) in [5, 5.41) is -0.137. The van der Waals surface area contributed by atoms with Crippen LogP contribution in [0.15, 0.2) is 29.2 Å². The summed E-state index contributed by atoms with van der Waals surface area (Å²) in [6.07, 6.45) is -5.89. The number of sulfone groups is 1. The Labute approximate surface area is 155 Å². The van der Waals surface area contributed by atoms with Crippen LogP contribution in [0.1, 0.15) is 44.1 Å². The van der Waals surface area contributed by atoms with Gasteiger partial charge < -0.3 is 5.32 Å². The Morgan fingerprint density at radius 2 is 1.74 bits per heavy atom. The first-order chi connectivity index (χ1) is 12.4. The minimum atomic E-state index is -4.61. The molecule has 150 valence electrons. The molecule has 0 aliphatic heterocycles. The van der Waals surface area contributed by atoms with Gasteiger partial charge in [-0.1, -0.05) is 12.1 Å². The lowest BCUT2D eigenvalue weighted by atomic mass is 9.92. The zero-order valence-corrected chi connectivity index (χ0v) is 15.6. The van der Waals surface area contributed by atoms with Crippen LogP contribution in [0.4, 0.5) is 17.6 Å². The fourth-order valence-corrected chi connectivity index (χ4v) is 5.34. The highest BCUT2D eigenvalue weighted by molar-refractivity contribution is 7.92. The molecular weight excluding hydrogens is 386 g/mol. The van der Waals surface area contributed by atoms with Crippen LogP contribution < -0.4 is 5.32 Å². The summed E-state index contributed by atoms with van der Waals surface area (Å²) in [7, 11) is -4.23. The molecule has 2 fully saturated rings. The van der Waals surface area contributed by atoms with Crippen molar-refractivity contribution in [2.45, 2.75) is 67.6 Å². The molecule has 4 nitrogen and oxygen atoms in total. The number of hydrogen-bond donors (Lipinski definition) is 1. The summed E-state index contributed by atoms with van der Waals surface area (Å²) in [6, 6.07) is 5.30. The summed E-state index contributed by atoms with van der Waals surface area (Å²) in [5.74, 6) is -1.09. The average Bonchev–Trinajstić information content (AvgIpc) is 3.38. The highest BCUT2D eigenvalue weighted by Gasteiger charge is 2.68. The minimum absolute atomic E-state index is 0.0266. The van der Waals surface area contributed by atoms with Gasteiger partial charge in [0.1, 0.15) is 5.41 Å². The Bertz CT molecular complexity index is 838. The van der Waals surface area contributed by atoms with Crippen molar-refractivity contribution in [3.8, 4) is 0 Å². The quantitative estimate of drug-likeness (QED) is 0.772. The number of aryl methyl sites for hydroxylation is 1. The van der Waals surface area contributed by atoms with Crippen LogP contribution in [0.3, 0.4) is 0 Å². The average molecular weight is 407 g/mol. The number of rotatable bonds is 4. The van der Waals surface area contributed by atoms with Crippen LogP contribution in [0, 0.1) is 12.3 Å². The summed E-state index contributed by atoms with van der Waals surface area (Å²) in [6.45, 7) is 1.70. The van der Waals surface area contributed by atoms with E-state index < -0.39 is 38.4 Å². The second-order valence-corrected chi connectivity index (χ2v) is 9.74. The highest BCUT2D eigenvalue weighted by Crippen LogP contribution is 2.57. The molecule has 0 saturated heterocycles. The number of alkyl halides is 4. The standard InChI is InChI=1S/C18H21F4NO3S/c1-12-3-2-4-14(11-12)27(25,26)17(19)7-5-13(6-8-17)23-15(24)16(9-10-16)18(20,21)22/h2-4,11,13H,5-10H2,1H3,(H,23,24). The Hall–Kier alpha value is -1.64. The Morgan fingerprint density at radius 3 is 2.22 bits per heavy atom. The van der Waals surface area contributed by atoms with Gasteiger partial charge in [0.2, 0.25) is 20.7 Å². The number of nitrogens with one attached hydrogen (secondary N) is 1. The molecule has 1 amide bonds. The maximum atomic E-state index is 15.2. The number of carbonyl (C=O) groups is 1. The van der Waals surface area contributed by atoms with E-state index in [0.29, 0.717) is 5.56 Å². The Morgan fingerprint density at radius 1 is 1.15 bits per heavy atom. The molecule has 2 aliphatic rings. The van der Waals surface area contributed by atoms with Gasteiger partial charge in [0, 0.05) is 6.04 Å². The van der Waals surface area contributed by atoms with E-state index in [1.807, 2.05) is 0 Å². The molecule has 9 heteroatoms. The molecule has 0 heterocycles. The molecule has 27 heavy (non-hydrogen) atoms. The van der Waals surface area contributed by atoms with E-state index in [0.717, 1.165) is 0 Å². The number of carbonyl (C=O) groups excluding carboxylic acids is 1. The van der Waals surface area contributed by atoms with Crippen molar-refractivity contribution in [3.63, 3.8) is 0 Å². The SMILES string of the molecule is Cc1cccc(S(=O)(=O)C2(F)CCC(NC(=O)C3(C(F)(F)F)CC3)CC2)c1. The third kappa shape index (κ3) is 3.46. The fraction of sp³-hybridized carbons (Fsp3) is 0.611. The van der Waals surface area contributed by atoms with Gasteiger partial charge in [-0.25, -0.2) is 12.8 Å².